The number of para-hydroxylation sites is 2. The van der Waals surface area contributed by atoms with Gasteiger partial charge < -0.3 is 10.1 Å². The number of nitrogens with zero attached hydrogens (tertiary/aromatic N) is 2. The van der Waals surface area contributed by atoms with Gasteiger partial charge >= 0.3 is 6.03 Å². The highest BCUT2D eigenvalue weighted by Crippen LogP contribution is 2.29. The Balaban J connectivity index is 1.90. The van der Waals surface area contributed by atoms with Crippen LogP contribution in [-0.2, 0) is 0 Å². The van der Waals surface area contributed by atoms with E-state index in [1.165, 1.54) is 4.31 Å². The number of ether oxygens (including phenoxy) is 1. The number of anilines is 2. The summed E-state index contributed by atoms with van der Waals surface area (Å²) >= 11 is 4.34. The van der Waals surface area contributed by atoms with Crippen LogP contribution in [0.3, 0.4) is 0 Å². The second kappa shape index (κ2) is 6.58. The number of carbonyl (C=O) groups excluding carboxylic acids is 1. The van der Waals surface area contributed by atoms with E-state index in [0.717, 1.165) is 10.9 Å². The molecule has 1 aromatic heterocycles. The van der Waals surface area contributed by atoms with Crippen molar-refractivity contribution in [1.29, 1.82) is 0 Å². The zero-order chi connectivity index (χ0) is 16.2. The highest BCUT2D eigenvalue weighted by atomic mass is 32.1. The van der Waals surface area contributed by atoms with Gasteiger partial charge in [0.15, 0.2) is 0 Å². The molecular weight excluding hydrogens is 310 g/mol. The molecule has 5 nitrogen and oxygen atoms in total. The standard InChI is InChI=1S/C17H15N3O2S/c1-22-16-10-3-2-7-14(16)19-17(21)20(23)15-9-4-8-13-12(15)6-5-11-18-13/h2-11,23H,1H3,(H,19,21). The molecular formula is C17H15N3O2S. The number of nitrogens with one attached hydrogen (secondary N) is 1. The van der Waals surface area contributed by atoms with Gasteiger partial charge in [0.05, 0.1) is 24.0 Å². The maximum absolute atomic E-state index is 12.5. The lowest BCUT2D eigenvalue weighted by Gasteiger charge is -2.19. The summed E-state index contributed by atoms with van der Waals surface area (Å²) in [4.78, 5) is 16.8. The number of hydrogen-bond donors (Lipinski definition) is 2. The minimum absolute atomic E-state index is 0.380. The molecule has 0 radical (unpaired) electrons. The molecule has 6 heteroatoms. The highest BCUT2D eigenvalue weighted by Gasteiger charge is 2.16. The van der Waals surface area contributed by atoms with Crippen LogP contribution in [0.4, 0.5) is 16.2 Å². The third kappa shape index (κ3) is 3.07. The molecule has 1 N–H and O–H groups in total. The second-order valence-electron chi connectivity index (χ2n) is 4.79. The lowest BCUT2D eigenvalue weighted by atomic mass is 10.2. The van der Waals surface area contributed by atoms with E-state index in [1.54, 1.807) is 25.4 Å². The van der Waals surface area contributed by atoms with Crippen LogP contribution in [0.2, 0.25) is 0 Å². The van der Waals surface area contributed by atoms with Crippen LogP contribution in [0.25, 0.3) is 10.9 Å². The first kappa shape index (κ1) is 15.2. The van der Waals surface area contributed by atoms with E-state index >= 15 is 0 Å². The quantitative estimate of drug-likeness (QED) is 0.712. The van der Waals surface area contributed by atoms with Gasteiger partial charge in [-0.3, -0.25) is 4.98 Å². The smallest absolute Gasteiger partial charge is 0.336 e. The SMILES string of the molecule is COc1ccccc1NC(=O)N(S)c1cccc2ncccc12. The highest BCUT2D eigenvalue weighted by molar-refractivity contribution is 7.82. The molecule has 3 aromatic rings. The van der Waals surface area contributed by atoms with Crippen molar-refractivity contribution >= 4 is 41.1 Å². The van der Waals surface area contributed by atoms with Crippen LogP contribution < -0.4 is 14.4 Å². The number of amides is 2. The van der Waals surface area contributed by atoms with Crippen LogP contribution in [-0.4, -0.2) is 18.1 Å². The Bertz CT molecular complexity index is 849. The van der Waals surface area contributed by atoms with Gasteiger partial charge in [0.1, 0.15) is 5.75 Å². The van der Waals surface area contributed by atoms with Gasteiger partial charge in [0.2, 0.25) is 0 Å². The van der Waals surface area contributed by atoms with Crippen molar-refractivity contribution in [2.45, 2.75) is 0 Å². The Labute approximate surface area is 139 Å². The number of benzene rings is 2. The second-order valence-corrected chi connectivity index (χ2v) is 5.19. The summed E-state index contributed by atoms with van der Waals surface area (Å²) in [5.41, 5.74) is 2.04. The van der Waals surface area contributed by atoms with Crippen molar-refractivity contribution in [3.05, 3.63) is 60.8 Å². The first-order valence-electron chi connectivity index (χ1n) is 6.97. The molecule has 0 bridgehead atoms. The predicted octanol–water partition coefficient (Wildman–Crippen LogP) is 4.13. The number of hydrogen-bond acceptors (Lipinski definition) is 4. The number of pyridine rings is 1. The van der Waals surface area contributed by atoms with Gasteiger partial charge in [0.25, 0.3) is 0 Å². The molecule has 2 amide bonds. The minimum atomic E-state index is -0.380. The Morgan fingerprint density at radius 3 is 2.78 bits per heavy atom. The van der Waals surface area contributed by atoms with Crippen molar-refractivity contribution in [3.8, 4) is 5.75 Å². The van der Waals surface area contributed by atoms with Crippen LogP contribution in [0.1, 0.15) is 0 Å². The number of aromatic nitrogens is 1. The van der Waals surface area contributed by atoms with E-state index in [2.05, 4.69) is 23.1 Å². The number of rotatable bonds is 3. The van der Waals surface area contributed by atoms with Gasteiger partial charge in [-0.15, -0.1) is 0 Å². The topological polar surface area (TPSA) is 54.5 Å². The first-order valence-corrected chi connectivity index (χ1v) is 7.37. The van der Waals surface area contributed by atoms with Gasteiger partial charge in [0, 0.05) is 11.6 Å². The summed E-state index contributed by atoms with van der Waals surface area (Å²) in [7, 11) is 1.56. The van der Waals surface area contributed by atoms with Crippen molar-refractivity contribution in [2.24, 2.45) is 0 Å². The predicted molar refractivity (Wildman–Crippen MR) is 95.2 cm³/mol. The number of urea groups is 1. The fourth-order valence-corrected chi connectivity index (χ4v) is 2.52. The molecule has 3 rings (SSSR count). The number of methoxy groups -OCH3 is 1. The molecule has 0 spiro atoms. The van der Waals surface area contributed by atoms with E-state index in [9.17, 15) is 4.79 Å². The maximum atomic E-state index is 12.5. The van der Waals surface area contributed by atoms with E-state index in [0.29, 0.717) is 17.1 Å². The van der Waals surface area contributed by atoms with Crippen molar-refractivity contribution < 1.29 is 9.53 Å². The summed E-state index contributed by atoms with van der Waals surface area (Å²) in [6.07, 6.45) is 1.71. The molecule has 0 atom stereocenters. The van der Waals surface area contributed by atoms with Crippen molar-refractivity contribution in [1.82, 2.24) is 4.98 Å². The summed E-state index contributed by atoms with van der Waals surface area (Å²) in [6, 6.07) is 16.1. The zero-order valence-electron chi connectivity index (χ0n) is 12.4. The van der Waals surface area contributed by atoms with E-state index in [4.69, 9.17) is 4.74 Å². The normalized spacial score (nSPS) is 10.3. The molecule has 0 aliphatic heterocycles. The largest absolute Gasteiger partial charge is 0.495 e. The number of carbonyl (C=O) groups is 1. The molecule has 0 saturated heterocycles. The fourth-order valence-electron chi connectivity index (χ4n) is 2.30. The molecule has 0 fully saturated rings. The third-order valence-electron chi connectivity index (χ3n) is 3.39. The van der Waals surface area contributed by atoms with E-state index in [-0.39, 0.29) is 6.03 Å². The third-order valence-corrected chi connectivity index (χ3v) is 3.79. The van der Waals surface area contributed by atoms with Gasteiger partial charge in [-0.2, -0.15) is 0 Å². The van der Waals surface area contributed by atoms with Gasteiger partial charge in [-0.25, -0.2) is 9.10 Å². The first-order chi connectivity index (χ1) is 11.2. The zero-order valence-corrected chi connectivity index (χ0v) is 13.3. The van der Waals surface area contributed by atoms with Crippen LogP contribution in [0, 0.1) is 0 Å². The lowest BCUT2D eigenvalue weighted by Crippen LogP contribution is -2.27. The molecule has 2 aromatic carbocycles. The molecule has 0 aliphatic carbocycles. The Kier molecular flexibility index (Phi) is 4.34. The summed E-state index contributed by atoms with van der Waals surface area (Å²) in [6.45, 7) is 0. The molecule has 23 heavy (non-hydrogen) atoms. The average molecular weight is 325 g/mol. The van der Waals surface area contributed by atoms with E-state index < -0.39 is 0 Å². The summed E-state index contributed by atoms with van der Waals surface area (Å²) in [5, 5.41) is 3.64. The minimum Gasteiger partial charge on any atom is -0.495 e. The molecule has 0 aliphatic rings. The van der Waals surface area contributed by atoms with Crippen LogP contribution >= 0.6 is 12.8 Å². The maximum Gasteiger partial charge on any atom is 0.336 e. The lowest BCUT2D eigenvalue weighted by molar-refractivity contribution is 0.260. The fraction of sp³-hybridized carbons (Fsp3) is 0.0588. The Hall–Kier alpha value is -2.73. The van der Waals surface area contributed by atoms with E-state index in [1.807, 2.05) is 42.5 Å². The molecule has 1 heterocycles. The Morgan fingerprint density at radius 2 is 1.96 bits per heavy atom. The number of thiol groups is 1. The summed E-state index contributed by atoms with van der Waals surface area (Å²) in [5.74, 6) is 0.585. The number of fused-ring (bicyclic) bond motifs is 1. The van der Waals surface area contributed by atoms with Gasteiger partial charge in [-0.05, 0) is 36.4 Å². The molecule has 116 valence electrons. The molecule has 0 unspecified atom stereocenters. The summed E-state index contributed by atoms with van der Waals surface area (Å²) < 4.78 is 6.49. The van der Waals surface area contributed by atoms with Crippen molar-refractivity contribution in [3.63, 3.8) is 0 Å². The van der Waals surface area contributed by atoms with Gasteiger partial charge in [-0.1, -0.05) is 31.0 Å². The van der Waals surface area contributed by atoms with Crippen LogP contribution in [0.15, 0.2) is 60.8 Å². The molecule has 0 saturated carbocycles. The van der Waals surface area contributed by atoms with Crippen molar-refractivity contribution in [2.75, 3.05) is 16.7 Å². The Morgan fingerprint density at radius 1 is 1.13 bits per heavy atom. The van der Waals surface area contributed by atoms with Crippen LogP contribution in [0.5, 0.6) is 5.75 Å². The average Bonchev–Trinajstić information content (AvgIpc) is 2.61. The monoisotopic (exact) mass is 325 g/mol.